The fraction of sp³-hybridized carbons (Fsp3) is 0.231. The van der Waals surface area contributed by atoms with Gasteiger partial charge >= 0.3 is 5.97 Å². The van der Waals surface area contributed by atoms with E-state index < -0.39 is 5.97 Å². The maximum Gasteiger partial charge on any atom is 0.308 e. The van der Waals surface area contributed by atoms with Crippen LogP contribution in [0.3, 0.4) is 0 Å². The summed E-state index contributed by atoms with van der Waals surface area (Å²) in [7, 11) is 0. The molecular formula is C13H13N3O4. The molecule has 0 aliphatic heterocycles. The zero-order valence-corrected chi connectivity index (χ0v) is 11.3. The minimum atomic E-state index is -0.474. The van der Waals surface area contributed by atoms with Crippen molar-refractivity contribution in [2.24, 2.45) is 0 Å². The average Bonchev–Trinajstić information content (AvgIpc) is 2.77. The van der Waals surface area contributed by atoms with Crippen molar-refractivity contribution in [3.05, 3.63) is 24.1 Å². The third kappa shape index (κ3) is 3.19. The van der Waals surface area contributed by atoms with E-state index in [2.05, 4.69) is 15.5 Å². The number of hydrogen-bond acceptors (Lipinski definition) is 6. The van der Waals surface area contributed by atoms with E-state index in [1.165, 1.54) is 13.8 Å². The average molecular weight is 275 g/mol. The molecule has 7 nitrogen and oxygen atoms in total. The van der Waals surface area contributed by atoms with Gasteiger partial charge in [-0.1, -0.05) is 0 Å². The van der Waals surface area contributed by atoms with Gasteiger partial charge in [0.2, 0.25) is 17.7 Å². The molecule has 0 radical (unpaired) electrons. The van der Waals surface area contributed by atoms with Gasteiger partial charge in [-0.3, -0.25) is 9.59 Å². The maximum atomic E-state index is 11.2. The summed E-state index contributed by atoms with van der Waals surface area (Å²) in [6.07, 6.45) is 0. The standard InChI is InChI=1S/C13H13N3O4/c1-7(17)14-11-6-10(13-16-15-8(2)19-13)4-5-12(11)20-9(3)18/h4-6H,1-3H3,(H,14,17). The summed E-state index contributed by atoms with van der Waals surface area (Å²) in [5.74, 6) is 0.261. The fourth-order valence-corrected chi connectivity index (χ4v) is 1.61. The number of benzene rings is 1. The van der Waals surface area contributed by atoms with Crippen molar-refractivity contribution < 1.29 is 18.7 Å². The van der Waals surface area contributed by atoms with Crippen LogP contribution >= 0.6 is 0 Å². The first-order valence-corrected chi connectivity index (χ1v) is 5.86. The quantitative estimate of drug-likeness (QED) is 0.679. The number of anilines is 1. The lowest BCUT2D eigenvalue weighted by atomic mass is 10.2. The Morgan fingerprint density at radius 3 is 2.55 bits per heavy atom. The van der Waals surface area contributed by atoms with Crippen molar-refractivity contribution in [2.75, 3.05) is 5.32 Å². The molecule has 1 aromatic heterocycles. The Bertz CT molecular complexity index is 663. The Morgan fingerprint density at radius 2 is 2.00 bits per heavy atom. The number of carbonyl (C=O) groups is 2. The number of nitrogens with one attached hydrogen (secondary N) is 1. The van der Waals surface area contributed by atoms with Crippen molar-refractivity contribution in [1.82, 2.24) is 10.2 Å². The Hall–Kier alpha value is -2.70. The highest BCUT2D eigenvalue weighted by Crippen LogP contribution is 2.30. The second-order valence-electron chi connectivity index (χ2n) is 4.11. The topological polar surface area (TPSA) is 94.3 Å². The molecule has 0 unspecified atom stereocenters. The van der Waals surface area contributed by atoms with Gasteiger partial charge in [-0.2, -0.15) is 0 Å². The smallest absolute Gasteiger partial charge is 0.308 e. The number of aryl methyl sites for hydroxylation is 1. The predicted molar refractivity (Wildman–Crippen MR) is 70.1 cm³/mol. The third-order valence-corrected chi connectivity index (χ3v) is 2.32. The number of aromatic nitrogens is 2. The largest absolute Gasteiger partial charge is 0.424 e. The Morgan fingerprint density at radius 1 is 1.25 bits per heavy atom. The highest BCUT2D eigenvalue weighted by atomic mass is 16.5. The van der Waals surface area contributed by atoms with Crippen LogP contribution in [0.4, 0.5) is 5.69 Å². The van der Waals surface area contributed by atoms with Crippen LogP contribution in [0.5, 0.6) is 5.75 Å². The lowest BCUT2D eigenvalue weighted by molar-refractivity contribution is -0.131. The van der Waals surface area contributed by atoms with Crippen molar-refractivity contribution in [3.63, 3.8) is 0 Å². The lowest BCUT2D eigenvalue weighted by Crippen LogP contribution is -2.10. The van der Waals surface area contributed by atoms with E-state index in [4.69, 9.17) is 9.15 Å². The molecular weight excluding hydrogens is 262 g/mol. The summed E-state index contributed by atoms with van der Waals surface area (Å²) in [5, 5.41) is 10.2. The highest BCUT2D eigenvalue weighted by molar-refractivity contribution is 5.92. The molecule has 0 bridgehead atoms. The van der Waals surface area contributed by atoms with Crippen molar-refractivity contribution in [3.8, 4) is 17.2 Å². The number of esters is 1. The Labute approximate surface area is 115 Å². The SMILES string of the molecule is CC(=O)Nc1cc(-c2nnc(C)o2)ccc1OC(C)=O. The molecule has 0 saturated carbocycles. The molecule has 0 aliphatic rings. The molecule has 1 aromatic carbocycles. The number of nitrogens with zero attached hydrogens (tertiary/aromatic N) is 2. The molecule has 104 valence electrons. The first kappa shape index (κ1) is 13.7. The maximum absolute atomic E-state index is 11.2. The summed E-state index contributed by atoms with van der Waals surface area (Å²) in [6, 6.07) is 4.82. The zero-order chi connectivity index (χ0) is 14.7. The molecule has 7 heteroatoms. The van der Waals surface area contributed by atoms with Crippen molar-refractivity contribution in [1.29, 1.82) is 0 Å². The van der Waals surface area contributed by atoms with Crippen LogP contribution in [-0.2, 0) is 9.59 Å². The summed E-state index contributed by atoms with van der Waals surface area (Å²) < 4.78 is 10.3. The summed E-state index contributed by atoms with van der Waals surface area (Å²) >= 11 is 0. The first-order chi connectivity index (χ1) is 9.45. The van der Waals surface area contributed by atoms with Crippen LogP contribution in [0.15, 0.2) is 22.6 Å². The van der Waals surface area contributed by atoms with Gasteiger partial charge in [-0.25, -0.2) is 0 Å². The Kier molecular flexibility index (Phi) is 3.79. The van der Waals surface area contributed by atoms with E-state index in [9.17, 15) is 9.59 Å². The van der Waals surface area contributed by atoms with Crippen LogP contribution in [-0.4, -0.2) is 22.1 Å². The van der Waals surface area contributed by atoms with E-state index in [1.807, 2.05) is 0 Å². The molecule has 0 saturated heterocycles. The van der Waals surface area contributed by atoms with Crippen LogP contribution in [0.2, 0.25) is 0 Å². The minimum Gasteiger partial charge on any atom is -0.424 e. The fourth-order valence-electron chi connectivity index (χ4n) is 1.61. The minimum absolute atomic E-state index is 0.257. The van der Waals surface area contributed by atoms with Crippen LogP contribution in [0, 0.1) is 6.92 Å². The lowest BCUT2D eigenvalue weighted by Gasteiger charge is -2.10. The molecule has 0 aliphatic carbocycles. The molecule has 0 fully saturated rings. The molecule has 0 spiro atoms. The number of rotatable bonds is 3. The number of carbonyl (C=O) groups excluding carboxylic acids is 2. The molecule has 2 rings (SSSR count). The predicted octanol–water partition coefficient (Wildman–Crippen LogP) is 1.93. The van der Waals surface area contributed by atoms with Gasteiger partial charge in [-0.05, 0) is 18.2 Å². The van der Waals surface area contributed by atoms with Crippen LogP contribution < -0.4 is 10.1 Å². The van der Waals surface area contributed by atoms with Gasteiger partial charge in [0.15, 0.2) is 5.75 Å². The summed E-state index contributed by atoms with van der Waals surface area (Å²) in [6.45, 7) is 4.33. The highest BCUT2D eigenvalue weighted by Gasteiger charge is 2.13. The van der Waals surface area contributed by atoms with E-state index in [0.717, 1.165) is 0 Å². The summed E-state index contributed by atoms with van der Waals surface area (Å²) in [4.78, 5) is 22.2. The first-order valence-electron chi connectivity index (χ1n) is 5.86. The molecule has 1 amide bonds. The van der Waals surface area contributed by atoms with Crippen LogP contribution in [0.1, 0.15) is 19.7 Å². The number of amides is 1. The van der Waals surface area contributed by atoms with E-state index >= 15 is 0 Å². The van der Waals surface area contributed by atoms with E-state index in [-0.39, 0.29) is 11.7 Å². The van der Waals surface area contributed by atoms with Gasteiger partial charge < -0.3 is 14.5 Å². The van der Waals surface area contributed by atoms with Gasteiger partial charge in [0.05, 0.1) is 5.69 Å². The van der Waals surface area contributed by atoms with Crippen LogP contribution in [0.25, 0.3) is 11.5 Å². The van der Waals surface area contributed by atoms with E-state index in [1.54, 1.807) is 25.1 Å². The van der Waals surface area contributed by atoms with Crippen molar-refractivity contribution >= 4 is 17.6 Å². The molecule has 1 N–H and O–H groups in total. The zero-order valence-electron chi connectivity index (χ0n) is 11.3. The van der Waals surface area contributed by atoms with E-state index in [0.29, 0.717) is 23.0 Å². The number of hydrogen-bond donors (Lipinski definition) is 1. The molecule has 0 atom stereocenters. The van der Waals surface area contributed by atoms with Gasteiger partial charge in [0.1, 0.15) is 0 Å². The molecule has 20 heavy (non-hydrogen) atoms. The second kappa shape index (κ2) is 5.52. The number of ether oxygens (including phenoxy) is 1. The van der Waals surface area contributed by atoms with Crippen molar-refractivity contribution in [2.45, 2.75) is 20.8 Å². The Balaban J connectivity index is 2.42. The molecule has 2 aromatic rings. The third-order valence-electron chi connectivity index (χ3n) is 2.32. The van der Waals surface area contributed by atoms with Gasteiger partial charge in [-0.15, -0.1) is 10.2 Å². The summed E-state index contributed by atoms with van der Waals surface area (Å²) in [5.41, 5.74) is 0.978. The van der Waals surface area contributed by atoms with Gasteiger partial charge in [0, 0.05) is 26.3 Å². The normalized spacial score (nSPS) is 10.2. The monoisotopic (exact) mass is 275 g/mol. The molecule has 1 heterocycles. The second-order valence-corrected chi connectivity index (χ2v) is 4.11. The van der Waals surface area contributed by atoms with Gasteiger partial charge in [0.25, 0.3) is 0 Å².